The summed E-state index contributed by atoms with van der Waals surface area (Å²) >= 11 is 11.9. The second-order valence-electron chi connectivity index (χ2n) is 10.8. The Morgan fingerprint density at radius 3 is 2.37 bits per heavy atom. The van der Waals surface area contributed by atoms with Gasteiger partial charge in [-0.15, -0.1) is 0 Å². The molecule has 7 rings (SSSR count). The number of hydrogen-bond donors (Lipinski definition) is 2. The van der Waals surface area contributed by atoms with Gasteiger partial charge in [0.25, 0.3) is 0 Å². The molecule has 3 aromatic rings. The number of fused-ring (bicyclic) bond motifs is 1. The number of benzene rings is 2. The van der Waals surface area contributed by atoms with Crippen molar-refractivity contribution in [2.45, 2.75) is 44.9 Å². The smallest absolute Gasteiger partial charge is 0.344 e. The molecule has 4 fully saturated rings. The highest BCUT2D eigenvalue weighted by molar-refractivity contribution is 7.80. The lowest BCUT2D eigenvalue weighted by Crippen LogP contribution is -2.48. The summed E-state index contributed by atoms with van der Waals surface area (Å²) in [5, 5.41) is 7.40. The zero-order valence-corrected chi connectivity index (χ0v) is 20.9. The minimum Gasteiger partial charge on any atom is -0.422 e. The summed E-state index contributed by atoms with van der Waals surface area (Å²) in [6, 6.07) is 14.4. The second kappa shape index (κ2) is 8.75. The van der Waals surface area contributed by atoms with Gasteiger partial charge in [-0.1, -0.05) is 35.9 Å². The molecule has 7 heteroatoms. The highest BCUT2D eigenvalue weighted by Crippen LogP contribution is 2.61. The summed E-state index contributed by atoms with van der Waals surface area (Å²) in [4.78, 5) is 25.4. The van der Waals surface area contributed by atoms with Crippen molar-refractivity contribution in [1.29, 1.82) is 0 Å². The Morgan fingerprint density at radius 2 is 1.69 bits per heavy atom. The summed E-state index contributed by atoms with van der Waals surface area (Å²) in [6.07, 6.45) is 8.19. The fourth-order valence-corrected chi connectivity index (χ4v) is 7.76. The van der Waals surface area contributed by atoms with Gasteiger partial charge in [0.1, 0.15) is 5.58 Å². The van der Waals surface area contributed by atoms with E-state index in [0.29, 0.717) is 33.8 Å². The SMILES string of the molecule is O=C(CC12CC3CC(CC(C3)C1)C2)NC(=S)Nc1ccc(-c2cc3ccccc3oc2=O)c(Cl)c1. The molecule has 4 aliphatic carbocycles. The Bertz CT molecular complexity index is 1360. The fourth-order valence-electron chi connectivity index (χ4n) is 7.24. The lowest BCUT2D eigenvalue weighted by Gasteiger charge is -2.56. The van der Waals surface area contributed by atoms with Crippen LogP contribution in [0.1, 0.15) is 44.9 Å². The Hall–Kier alpha value is -2.70. The highest BCUT2D eigenvalue weighted by Gasteiger charge is 2.51. The van der Waals surface area contributed by atoms with Crippen LogP contribution in [0.4, 0.5) is 5.69 Å². The molecule has 0 unspecified atom stereocenters. The van der Waals surface area contributed by atoms with Crippen molar-refractivity contribution in [2.24, 2.45) is 23.2 Å². The lowest BCUT2D eigenvalue weighted by molar-refractivity contribution is -0.127. The third-order valence-electron chi connectivity index (χ3n) is 8.11. The first-order valence-corrected chi connectivity index (χ1v) is 13.1. The van der Waals surface area contributed by atoms with Crippen LogP contribution in [0.2, 0.25) is 5.02 Å². The monoisotopic (exact) mass is 506 g/mol. The van der Waals surface area contributed by atoms with E-state index in [0.717, 1.165) is 23.1 Å². The molecular formula is C28H27ClN2O3S. The molecule has 1 aromatic heterocycles. The molecule has 2 N–H and O–H groups in total. The minimum absolute atomic E-state index is 0.0130. The molecule has 1 amide bonds. The number of carbonyl (C=O) groups excluding carboxylic acids is 1. The molecule has 180 valence electrons. The van der Waals surface area contributed by atoms with Crippen LogP contribution >= 0.6 is 23.8 Å². The topological polar surface area (TPSA) is 71.3 Å². The molecule has 4 aliphatic rings. The Morgan fingerprint density at radius 1 is 1.00 bits per heavy atom. The van der Waals surface area contributed by atoms with E-state index in [2.05, 4.69) is 10.6 Å². The van der Waals surface area contributed by atoms with Crippen molar-refractivity contribution in [3.8, 4) is 11.1 Å². The van der Waals surface area contributed by atoms with Crippen molar-refractivity contribution >= 4 is 51.5 Å². The van der Waals surface area contributed by atoms with Crippen LogP contribution in [0.25, 0.3) is 22.1 Å². The maximum absolute atomic E-state index is 12.9. The number of thiocarbonyl (C=S) groups is 1. The van der Waals surface area contributed by atoms with Gasteiger partial charge in [0.2, 0.25) is 5.91 Å². The maximum atomic E-state index is 12.9. The van der Waals surface area contributed by atoms with Crippen molar-refractivity contribution in [1.82, 2.24) is 5.32 Å². The van der Waals surface area contributed by atoms with Gasteiger partial charge in [0.05, 0.1) is 10.6 Å². The van der Waals surface area contributed by atoms with Crippen LogP contribution in [-0.4, -0.2) is 11.0 Å². The molecule has 0 aliphatic heterocycles. The van der Waals surface area contributed by atoms with E-state index < -0.39 is 5.63 Å². The van der Waals surface area contributed by atoms with Gasteiger partial charge in [0.15, 0.2) is 5.11 Å². The Balaban J connectivity index is 1.12. The van der Waals surface area contributed by atoms with Gasteiger partial charge in [-0.05, 0) is 98.2 Å². The lowest BCUT2D eigenvalue weighted by atomic mass is 9.49. The minimum atomic E-state index is -0.446. The van der Waals surface area contributed by atoms with Gasteiger partial charge >= 0.3 is 5.63 Å². The van der Waals surface area contributed by atoms with E-state index in [1.165, 1.54) is 38.5 Å². The molecule has 0 spiro atoms. The average molecular weight is 507 g/mol. The van der Waals surface area contributed by atoms with Crippen molar-refractivity contribution in [2.75, 3.05) is 5.32 Å². The molecule has 0 radical (unpaired) electrons. The van der Waals surface area contributed by atoms with Gasteiger partial charge < -0.3 is 15.1 Å². The summed E-state index contributed by atoms with van der Waals surface area (Å²) in [7, 11) is 0. The average Bonchev–Trinajstić information content (AvgIpc) is 2.77. The Labute approximate surface area is 214 Å². The largest absolute Gasteiger partial charge is 0.422 e. The number of anilines is 1. The van der Waals surface area contributed by atoms with Crippen LogP contribution in [0.3, 0.4) is 0 Å². The number of hydrogen-bond acceptors (Lipinski definition) is 4. The maximum Gasteiger partial charge on any atom is 0.344 e. The number of halogens is 1. The molecule has 35 heavy (non-hydrogen) atoms. The quantitative estimate of drug-likeness (QED) is 0.311. The first kappa shape index (κ1) is 22.7. The van der Waals surface area contributed by atoms with Crippen LogP contribution < -0.4 is 16.3 Å². The van der Waals surface area contributed by atoms with Crippen molar-refractivity contribution in [3.63, 3.8) is 0 Å². The van der Waals surface area contributed by atoms with Crippen LogP contribution in [0.5, 0.6) is 0 Å². The van der Waals surface area contributed by atoms with Crippen molar-refractivity contribution in [3.05, 3.63) is 64.0 Å². The first-order chi connectivity index (χ1) is 16.9. The van der Waals surface area contributed by atoms with Crippen LogP contribution in [0.15, 0.2) is 57.7 Å². The summed E-state index contributed by atoms with van der Waals surface area (Å²) in [5.74, 6) is 2.42. The summed E-state index contributed by atoms with van der Waals surface area (Å²) in [6.45, 7) is 0. The third kappa shape index (κ3) is 4.50. The molecule has 0 atom stereocenters. The predicted molar refractivity (Wildman–Crippen MR) is 143 cm³/mol. The fraction of sp³-hybridized carbons (Fsp3) is 0.393. The Kier molecular flexibility index (Phi) is 5.69. The zero-order valence-electron chi connectivity index (χ0n) is 19.3. The predicted octanol–water partition coefficient (Wildman–Crippen LogP) is 6.53. The van der Waals surface area contributed by atoms with Crippen LogP contribution in [-0.2, 0) is 4.79 Å². The first-order valence-electron chi connectivity index (χ1n) is 12.3. The van der Waals surface area contributed by atoms with E-state index in [4.69, 9.17) is 28.2 Å². The molecular weight excluding hydrogens is 480 g/mol. The summed E-state index contributed by atoms with van der Waals surface area (Å²) in [5.41, 5.74) is 1.87. The highest BCUT2D eigenvalue weighted by atomic mass is 35.5. The van der Waals surface area contributed by atoms with Gasteiger partial charge in [0, 0.05) is 23.1 Å². The number of nitrogens with one attached hydrogen (secondary N) is 2. The molecule has 2 aromatic carbocycles. The molecule has 1 heterocycles. The standard InChI is InChI=1S/C28H27ClN2O3S/c29-23-11-20(5-6-21(23)22-10-19-3-1-2-4-24(19)34-26(22)33)30-27(35)31-25(32)15-28-12-16-7-17(13-28)9-18(8-16)14-28/h1-6,10-11,16-18H,7-9,12-15H2,(H2,30,31,32,35). The number of amides is 1. The molecule has 4 bridgehead atoms. The van der Waals surface area contributed by atoms with E-state index in [1.807, 2.05) is 18.2 Å². The normalized spacial score (nSPS) is 26.6. The van der Waals surface area contributed by atoms with E-state index >= 15 is 0 Å². The zero-order chi connectivity index (χ0) is 24.2. The number of carbonyl (C=O) groups is 1. The van der Waals surface area contributed by atoms with Gasteiger partial charge in [-0.25, -0.2) is 4.79 Å². The molecule has 4 saturated carbocycles. The van der Waals surface area contributed by atoms with Gasteiger partial charge in [-0.3, -0.25) is 4.79 Å². The van der Waals surface area contributed by atoms with E-state index in [1.54, 1.807) is 30.3 Å². The van der Waals surface area contributed by atoms with E-state index in [9.17, 15) is 9.59 Å². The molecule has 5 nitrogen and oxygen atoms in total. The van der Waals surface area contributed by atoms with Crippen molar-refractivity contribution < 1.29 is 9.21 Å². The van der Waals surface area contributed by atoms with Crippen LogP contribution in [0, 0.1) is 23.2 Å². The number of para-hydroxylation sites is 1. The molecule has 0 saturated heterocycles. The summed E-state index contributed by atoms with van der Waals surface area (Å²) < 4.78 is 5.44. The van der Waals surface area contributed by atoms with E-state index in [-0.39, 0.29) is 16.4 Å². The second-order valence-corrected chi connectivity index (χ2v) is 11.6. The number of rotatable bonds is 4. The van der Waals surface area contributed by atoms with Gasteiger partial charge in [-0.2, -0.15) is 0 Å². The third-order valence-corrected chi connectivity index (χ3v) is 8.63.